The predicted octanol–water partition coefficient (Wildman–Crippen LogP) is 5.55. The Morgan fingerprint density at radius 2 is 1.73 bits per heavy atom. The summed E-state index contributed by atoms with van der Waals surface area (Å²) in [5.41, 5.74) is 5.38. The summed E-state index contributed by atoms with van der Waals surface area (Å²) < 4.78 is 19.5. The molecule has 33 heavy (non-hydrogen) atoms. The van der Waals surface area contributed by atoms with Crippen molar-refractivity contribution in [1.82, 2.24) is 25.3 Å². The lowest BCUT2D eigenvalue weighted by Crippen LogP contribution is -2.27. The SMILES string of the molecule is Cc1ccc(Oc2nccc(-c3[nH]c(C4CCNCC4)nc3-c3ccc(F)cc3)n2)cc1C. The molecule has 0 saturated carbocycles. The van der Waals surface area contributed by atoms with E-state index in [1.54, 1.807) is 18.3 Å². The fraction of sp³-hybridized carbons (Fsp3) is 0.269. The van der Waals surface area contributed by atoms with Crippen LogP contribution >= 0.6 is 0 Å². The van der Waals surface area contributed by atoms with E-state index in [-0.39, 0.29) is 11.8 Å². The van der Waals surface area contributed by atoms with E-state index in [2.05, 4.69) is 27.2 Å². The number of rotatable bonds is 5. The van der Waals surface area contributed by atoms with Gasteiger partial charge in [0.2, 0.25) is 0 Å². The molecule has 3 heterocycles. The molecule has 1 saturated heterocycles. The Kier molecular flexibility index (Phi) is 5.88. The van der Waals surface area contributed by atoms with Crippen LogP contribution < -0.4 is 10.1 Å². The first-order chi connectivity index (χ1) is 16.1. The summed E-state index contributed by atoms with van der Waals surface area (Å²) >= 11 is 0. The zero-order valence-corrected chi connectivity index (χ0v) is 18.7. The van der Waals surface area contributed by atoms with Crippen molar-refractivity contribution >= 4 is 0 Å². The van der Waals surface area contributed by atoms with Crippen molar-refractivity contribution in [2.45, 2.75) is 32.6 Å². The minimum absolute atomic E-state index is 0.263. The molecular formula is C26H26FN5O. The smallest absolute Gasteiger partial charge is 0.322 e. The van der Waals surface area contributed by atoms with Crippen LogP contribution in [0, 0.1) is 19.7 Å². The molecule has 1 fully saturated rings. The highest BCUT2D eigenvalue weighted by Gasteiger charge is 2.23. The molecule has 0 spiro atoms. The number of piperidine rings is 1. The number of halogens is 1. The van der Waals surface area contributed by atoms with Gasteiger partial charge < -0.3 is 15.0 Å². The van der Waals surface area contributed by atoms with E-state index < -0.39 is 0 Å². The zero-order chi connectivity index (χ0) is 22.8. The van der Waals surface area contributed by atoms with Gasteiger partial charge in [-0.2, -0.15) is 4.98 Å². The molecule has 0 radical (unpaired) electrons. The molecule has 2 N–H and O–H groups in total. The molecule has 0 aliphatic carbocycles. The van der Waals surface area contributed by atoms with Gasteiger partial charge in [-0.25, -0.2) is 14.4 Å². The number of nitrogens with one attached hydrogen (secondary N) is 2. The number of hydrogen-bond acceptors (Lipinski definition) is 5. The maximum absolute atomic E-state index is 13.6. The first kappa shape index (κ1) is 21.3. The van der Waals surface area contributed by atoms with Crippen molar-refractivity contribution in [3.05, 3.63) is 77.5 Å². The molecule has 4 aromatic rings. The number of benzene rings is 2. The first-order valence-electron chi connectivity index (χ1n) is 11.2. The van der Waals surface area contributed by atoms with E-state index in [0.717, 1.165) is 54.3 Å². The average molecular weight is 444 g/mol. The van der Waals surface area contributed by atoms with Crippen LogP contribution in [0.2, 0.25) is 0 Å². The van der Waals surface area contributed by atoms with Crippen LogP contribution in [0.5, 0.6) is 11.8 Å². The molecule has 0 bridgehead atoms. The lowest BCUT2D eigenvalue weighted by molar-refractivity contribution is 0.442. The number of nitrogens with zero attached hydrogens (tertiary/aromatic N) is 3. The van der Waals surface area contributed by atoms with Crippen LogP contribution in [0.25, 0.3) is 22.6 Å². The Morgan fingerprint density at radius 3 is 2.48 bits per heavy atom. The van der Waals surface area contributed by atoms with Crippen LogP contribution in [0.1, 0.15) is 35.7 Å². The van der Waals surface area contributed by atoms with Crippen LogP contribution in [0.3, 0.4) is 0 Å². The summed E-state index contributed by atoms with van der Waals surface area (Å²) in [5, 5.41) is 3.39. The van der Waals surface area contributed by atoms with Gasteiger partial charge >= 0.3 is 6.01 Å². The zero-order valence-electron chi connectivity index (χ0n) is 18.7. The van der Waals surface area contributed by atoms with E-state index >= 15 is 0 Å². The largest absolute Gasteiger partial charge is 0.424 e. The van der Waals surface area contributed by atoms with Crippen molar-refractivity contribution in [3.8, 4) is 34.4 Å². The van der Waals surface area contributed by atoms with E-state index in [1.165, 1.54) is 17.7 Å². The van der Waals surface area contributed by atoms with Gasteiger partial charge in [0.25, 0.3) is 0 Å². The number of ether oxygens (including phenoxy) is 1. The molecule has 2 aromatic heterocycles. The number of hydrogen-bond donors (Lipinski definition) is 2. The van der Waals surface area contributed by atoms with Crippen molar-refractivity contribution in [1.29, 1.82) is 0 Å². The minimum atomic E-state index is -0.277. The standard InChI is InChI=1S/C26H26FN5O/c1-16-3-8-21(15-17(16)2)33-26-29-14-11-22(30-26)24-23(18-4-6-20(27)7-5-18)31-25(32-24)19-9-12-28-13-10-19/h3-8,11,14-15,19,28H,9-10,12-13H2,1-2H3,(H,31,32). The second-order valence-corrected chi connectivity index (χ2v) is 8.45. The minimum Gasteiger partial charge on any atom is -0.424 e. The Balaban J connectivity index is 1.53. The third-order valence-electron chi connectivity index (χ3n) is 6.14. The fourth-order valence-corrected chi connectivity index (χ4v) is 4.09. The van der Waals surface area contributed by atoms with Crippen LogP contribution in [0.4, 0.5) is 4.39 Å². The molecular weight excluding hydrogens is 417 g/mol. The van der Waals surface area contributed by atoms with Crippen molar-refractivity contribution in [3.63, 3.8) is 0 Å². The van der Waals surface area contributed by atoms with Crippen LogP contribution in [-0.4, -0.2) is 33.0 Å². The van der Waals surface area contributed by atoms with E-state index in [9.17, 15) is 4.39 Å². The molecule has 1 aliphatic heterocycles. The fourth-order valence-electron chi connectivity index (χ4n) is 4.09. The summed E-state index contributed by atoms with van der Waals surface area (Å²) in [4.78, 5) is 17.4. The molecule has 2 aromatic carbocycles. The average Bonchev–Trinajstić information content (AvgIpc) is 3.28. The summed E-state index contributed by atoms with van der Waals surface area (Å²) in [5.74, 6) is 1.68. The van der Waals surface area contributed by atoms with E-state index in [4.69, 9.17) is 9.72 Å². The molecule has 1 aliphatic rings. The molecule has 6 nitrogen and oxygen atoms in total. The maximum Gasteiger partial charge on any atom is 0.322 e. The summed E-state index contributed by atoms with van der Waals surface area (Å²) in [6, 6.07) is 14.4. The maximum atomic E-state index is 13.6. The summed E-state index contributed by atoms with van der Waals surface area (Å²) in [7, 11) is 0. The molecule has 0 atom stereocenters. The monoisotopic (exact) mass is 443 g/mol. The lowest BCUT2D eigenvalue weighted by atomic mass is 9.98. The summed E-state index contributed by atoms with van der Waals surface area (Å²) in [6.07, 6.45) is 3.71. The van der Waals surface area contributed by atoms with Gasteiger partial charge in [-0.15, -0.1) is 0 Å². The highest BCUT2D eigenvalue weighted by atomic mass is 19.1. The highest BCUT2D eigenvalue weighted by molar-refractivity contribution is 5.76. The number of imidazole rings is 1. The molecule has 7 heteroatoms. The predicted molar refractivity (Wildman–Crippen MR) is 126 cm³/mol. The van der Waals surface area contributed by atoms with Crippen molar-refractivity contribution in [2.24, 2.45) is 0 Å². The van der Waals surface area contributed by atoms with E-state index in [0.29, 0.717) is 17.4 Å². The quantitative estimate of drug-likeness (QED) is 0.423. The van der Waals surface area contributed by atoms with Crippen LogP contribution in [-0.2, 0) is 0 Å². The third kappa shape index (κ3) is 4.64. The van der Waals surface area contributed by atoms with Gasteiger partial charge in [-0.1, -0.05) is 6.07 Å². The van der Waals surface area contributed by atoms with Gasteiger partial charge in [0.15, 0.2) is 0 Å². The Bertz CT molecular complexity index is 1260. The van der Waals surface area contributed by atoms with Crippen molar-refractivity contribution < 1.29 is 9.13 Å². The highest BCUT2D eigenvalue weighted by Crippen LogP contribution is 2.34. The normalized spacial score (nSPS) is 14.4. The topological polar surface area (TPSA) is 75.7 Å². The number of H-pyrrole nitrogens is 1. The molecule has 0 amide bonds. The second-order valence-electron chi connectivity index (χ2n) is 8.45. The number of aryl methyl sites for hydroxylation is 2. The number of aromatic amines is 1. The van der Waals surface area contributed by atoms with E-state index in [1.807, 2.05) is 31.2 Å². The number of aromatic nitrogens is 4. The summed E-state index contributed by atoms with van der Waals surface area (Å²) in [6.45, 7) is 6.04. The Labute approximate surface area is 192 Å². The van der Waals surface area contributed by atoms with Gasteiger partial charge in [0.05, 0.1) is 17.1 Å². The van der Waals surface area contributed by atoms with Gasteiger partial charge in [0.1, 0.15) is 17.4 Å². The third-order valence-corrected chi connectivity index (χ3v) is 6.14. The lowest BCUT2D eigenvalue weighted by Gasteiger charge is -2.20. The van der Waals surface area contributed by atoms with Crippen molar-refractivity contribution in [2.75, 3.05) is 13.1 Å². The first-order valence-corrected chi connectivity index (χ1v) is 11.2. The second kappa shape index (κ2) is 9.11. The molecule has 0 unspecified atom stereocenters. The van der Waals surface area contributed by atoms with Gasteiger partial charge in [0, 0.05) is 17.7 Å². The van der Waals surface area contributed by atoms with Gasteiger partial charge in [-0.3, -0.25) is 0 Å². The van der Waals surface area contributed by atoms with Gasteiger partial charge in [-0.05, 0) is 93.4 Å². The Morgan fingerprint density at radius 1 is 0.939 bits per heavy atom. The molecule has 5 rings (SSSR count). The molecule has 168 valence electrons. The van der Waals surface area contributed by atoms with Crippen LogP contribution in [0.15, 0.2) is 54.7 Å². The Hall–Kier alpha value is -3.58.